The molecule has 8 nitrogen and oxygen atoms in total. The van der Waals surface area contributed by atoms with Gasteiger partial charge in [0.25, 0.3) is 0 Å². The van der Waals surface area contributed by atoms with Crippen molar-refractivity contribution in [2.45, 2.75) is 32.9 Å². The summed E-state index contributed by atoms with van der Waals surface area (Å²) >= 11 is 0. The van der Waals surface area contributed by atoms with Gasteiger partial charge in [-0.3, -0.25) is 4.79 Å². The van der Waals surface area contributed by atoms with Gasteiger partial charge in [0.1, 0.15) is 12.2 Å². The van der Waals surface area contributed by atoms with Gasteiger partial charge in [-0.05, 0) is 13.8 Å². The van der Waals surface area contributed by atoms with E-state index in [1.165, 1.54) is 6.92 Å². The topological polar surface area (TPSA) is 98.7 Å². The lowest BCUT2D eigenvalue weighted by Gasteiger charge is -2.20. The Kier molecular flexibility index (Phi) is 4.11. The zero-order valence-electron chi connectivity index (χ0n) is 13.7. The smallest absolute Gasteiger partial charge is 0.248 e. The molecule has 0 aliphatic carbocycles. The molecule has 2 heterocycles. The summed E-state index contributed by atoms with van der Waals surface area (Å²) in [6, 6.07) is 9.78. The molecule has 0 atom stereocenters. The van der Waals surface area contributed by atoms with Crippen molar-refractivity contribution in [1.29, 1.82) is 0 Å². The Morgan fingerprint density at radius 3 is 2.75 bits per heavy atom. The first-order valence-corrected chi connectivity index (χ1v) is 7.51. The van der Waals surface area contributed by atoms with E-state index >= 15 is 0 Å². The monoisotopic (exact) mass is 326 g/mol. The highest BCUT2D eigenvalue weighted by Gasteiger charge is 2.27. The van der Waals surface area contributed by atoms with Gasteiger partial charge in [-0.15, -0.1) is 5.10 Å². The van der Waals surface area contributed by atoms with Gasteiger partial charge < -0.3 is 9.84 Å². The van der Waals surface area contributed by atoms with Crippen LogP contribution in [0.4, 0.5) is 0 Å². The summed E-state index contributed by atoms with van der Waals surface area (Å²) in [5.41, 5.74) is 1.06. The molecule has 0 unspecified atom stereocenters. The maximum atomic E-state index is 11.2. The Morgan fingerprint density at radius 2 is 2.04 bits per heavy atom. The van der Waals surface area contributed by atoms with Gasteiger partial charge in [0.2, 0.25) is 11.8 Å². The molecule has 0 spiro atoms. The quantitative estimate of drug-likeness (QED) is 0.767. The van der Waals surface area contributed by atoms with Crippen LogP contribution >= 0.6 is 0 Å². The third kappa shape index (κ3) is 3.48. The standard InChI is InChI=1S/C16H18N6O2/c1-11(23)18-16(2,3)15-17-14(24-20-15)10-22-9-13(19-21-22)12-7-5-4-6-8-12/h4-9H,10H2,1-3H3,(H,18,23). The van der Waals surface area contributed by atoms with E-state index in [1.54, 1.807) is 4.68 Å². The van der Waals surface area contributed by atoms with E-state index in [9.17, 15) is 4.79 Å². The molecule has 1 N–H and O–H groups in total. The molecule has 0 bridgehead atoms. The van der Waals surface area contributed by atoms with Crippen LogP contribution in [0.25, 0.3) is 11.3 Å². The average molecular weight is 326 g/mol. The van der Waals surface area contributed by atoms with Crippen molar-refractivity contribution >= 4 is 5.91 Å². The van der Waals surface area contributed by atoms with Crippen molar-refractivity contribution in [2.24, 2.45) is 0 Å². The van der Waals surface area contributed by atoms with E-state index in [0.29, 0.717) is 18.3 Å². The minimum absolute atomic E-state index is 0.157. The highest BCUT2D eigenvalue weighted by Crippen LogP contribution is 2.18. The molecule has 1 amide bonds. The molecule has 24 heavy (non-hydrogen) atoms. The number of nitrogens with one attached hydrogen (secondary N) is 1. The molecule has 0 saturated carbocycles. The van der Waals surface area contributed by atoms with E-state index in [4.69, 9.17) is 4.52 Å². The molecule has 0 aliphatic rings. The maximum Gasteiger partial charge on any atom is 0.248 e. The van der Waals surface area contributed by atoms with Crippen LogP contribution in [0.5, 0.6) is 0 Å². The fourth-order valence-corrected chi connectivity index (χ4v) is 2.32. The average Bonchev–Trinajstić information content (AvgIpc) is 3.17. The first-order chi connectivity index (χ1) is 11.4. The zero-order chi connectivity index (χ0) is 17.2. The Labute approximate surface area is 138 Å². The van der Waals surface area contributed by atoms with Crippen LogP contribution in [-0.2, 0) is 16.9 Å². The summed E-state index contributed by atoms with van der Waals surface area (Å²) in [5.74, 6) is 0.652. The normalized spacial score (nSPS) is 11.5. The number of carbonyl (C=O) groups is 1. The van der Waals surface area contributed by atoms with Crippen molar-refractivity contribution in [3.63, 3.8) is 0 Å². The van der Waals surface area contributed by atoms with E-state index in [1.807, 2.05) is 50.4 Å². The largest absolute Gasteiger partial charge is 0.344 e. The number of hydrogen-bond donors (Lipinski definition) is 1. The Balaban J connectivity index is 1.74. The number of hydrogen-bond acceptors (Lipinski definition) is 6. The number of nitrogens with zero attached hydrogens (tertiary/aromatic N) is 5. The molecule has 1 aromatic carbocycles. The second-order valence-electron chi connectivity index (χ2n) is 5.99. The number of carbonyl (C=O) groups excluding carboxylic acids is 1. The molecule has 3 aromatic rings. The number of rotatable bonds is 5. The first kappa shape index (κ1) is 15.9. The lowest BCUT2D eigenvalue weighted by molar-refractivity contribution is -0.120. The summed E-state index contributed by atoms with van der Waals surface area (Å²) in [5, 5.41) is 14.9. The molecule has 3 rings (SSSR count). The zero-order valence-corrected chi connectivity index (χ0v) is 13.7. The SMILES string of the molecule is CC(=O)NC(C)(C)c1noc(Cn2cc(-c3ccccc3)nn2)n1. The fourth-order valence-electron chi connectivity index (χ4n) is 2.32. The molecule has 0 fully saturated rings. The van der Waals surface area contributed by atoms with Crippen LogP contribution in [-0.4, -0.2) is 31.0 Å². The van der Waals surface area contributed by atoms with E-state index in [2.05, 4.69) is 25.8 Å². The number of aromatic nitrogens is 5. The molecule has 0 aliphatic heterocycles. The van der Waals surface area contributed by atoms with Crippen molar-refractivity contribution in [2.75, 3.05) is 0 Å². The maximum absolute atomic E-state index is 11.2. The Morgan fingerprint density at radius 1 is 1.29 bits per heavy atom. The van der Waals surface area contributed by atoms with Gasteiger partial charge in [0.15, 0.2) is 5.82 Å². The first-order valence-electron chi connectivity index (χ1n) is 7.51. The molecular weight excluding hydrogens is 308 g/mol. The third-order valence-electron chi connectivity index (χ3n) is 3.42. The number of amides is 1. The highest BCUT2D eigenvalue weighted by atomic mass is 16.5. The number of benzene rings is 1. The van der Waals surface area contributed by atoms with Crippen LogP contribution < -0.4 is 5.32 Å². The second kappa shape index (κ2) is 6.23. The van der Waals surface area contributed by atoms with Crippen molar-refractivity contribution in [1.82, 2.24) is 30.5 Å². The lowest BCUT2D eigenvalue weighted by Crippen LogP contribution is -2.40. The molecular formula is C16H18N6O2. The van der Waals surface area contributed by atoms with E-state index in [0.717, 1.165) is 11.3 Å². The summed E-state index contributed by atoms with van der Waals surface area (Å²) in [6.07, 6.45) is 1.82. The van der Waals surface area contributed by atoms with E-state index < -0.39 is 5.54 Å². The minimum Gasteiger partial charge on any atom is -0.344 e. The summed E-state index contributed by atoms with van der Waals surface area (Å²) < 4.78 is 6.88. The van der Waals surface area contributed by atoms with Crippen LogP contribution in [0.2, 0.25) is 0 Å². The van der Waals surface area contributed by atoms with Gasteiger partial charge in [-0.1, -0.05) is 40.7 Å². The molecule has 0 radical (unpaired) electrons. The van der Waals surface area contributed by atoms with Gasteiger partial charge in [-0.25, -0.2) is 4.68 Å². The highest BCUT2D eigenvalue weighted by molar-refractivity contribution is 5.73. The van der Waals surface area contributed by atoms with Crippen LogP contribution in [0.1, 0.15) is 32.5 Å². The Hall–Kier alpha value is -3.03. The van der Waals surface area contributed by atoms with Crippen LogP contribution in [0, 0.1) is 0 Å². The van der Waals surface area contributed by atoms with Gasteiger partial charge in [-0.2, -0.15) is 4.98 Å². The fraction of sp³-hybridized carbons (Fsp3) is 0.312. The molecule has 0 saturated heterocycles. The third-order valence-corrected chi connectivity index (χ3v) is 3.42. The van der Waals surface area contributed by atoms with E-state index in [-0.39, 0.29) is 5.91 Å². The summed E-state index contributed by atoms with van der Waals surface area (Å²) in [7, 11) is 0. The minimum atomic E-state index is -0.703. The van der Waals surface area contributed by atoms with Crippen LogP contribution in [0.3, 0.4) is 0 Å². The van der Waals surface area contributed by atoms with Crippen molar-refractivity contribution in [3.8, 4) is 11.3 Å². The molecule has 2 aromatic heterocycles. The Bertz CT molecular complexity index is 837. The van der Waals surface area contributed by atoms with Gasteiger partial charge >= 0.3 is 0 Å². The summed E-state index contributed by atoms with van der Waals surface area (Å²) in [4.78, 5) is 15.6. The van der Waals surface area contributed by atoms with Crippen molar-refractivity contribution < 1.29 is 9.32 Å². The van der Waals surface area contributed by atoms with Crippen LogP contribution in [0.15, 0.2) is 41.1 Å². The lowest BCUT2D eigenvalue weighted by atomic mass is 10.1. The predicted octanol–water partition coefficient (Wildman–Crippen LogP) is 1.75. The second-order valence-corrected chi connectivity index (χ2v) is 5.99. The molecule has 8 heteroatoms. The summed E-state index contributed by atoms with van der Waals surface area (Å²) in [6.45, 7) is 5.38. The van der Waals surface area contributed by atoms with Gasteiger partial charge in [0, 0.05) is 12.5 Å². The molecule has 124 valence electrons. The predicted molar refractivity (Wildman–Crippen MR) is 85.7 cm³/mol. The van der Waals surface area contributed by atoms with Crippen molar-refractivity contribution in [3.05, 3.63) is 48.2 Å². The van der Waals surface area contributed by atoms with Gasteiger partial charge in [0.05, 0.1) is 11.7 Å².